The molecule has 1 aromatic carbocycles. The first-order valence-corrected chi connectivity index (χ1v) is 11.3. The number of benzene rings is 1. The van der Waals surface area contributed by atoms with Crippen molar-refractivity contribution in [3.8, 4) is 5.69 Å². The molecule has 0 bridgehead atoms. The normalized spacial score (nSPS) is 18.9. The molecule has 162 valence electrons. The maximum atomic E-state index is 13.4. The van der Waals surface area contributed by atoms with Crippen LogP contribution in [0.25, 0.3) is 5.69 Å². The lowest BCUT2D eigenvalue weighted by Gasteiger charge is -2.32. The quantitative estimate of drug-likeness (QED) is 0.782. The molecule has 1 N–H and O–H groups in total. The number of aryl methyl sites for hydroxylation is 2. The summed E-state index contributed by atoms with van der Waals surface area (Å²) >= 11 is 0. The Bertz CT molecular complexity index is 926. The number of nitrogens with one attached hydrogen (secondary N) is 1. The minimum absolute atomic E-state index is 0. The van der Waals surface area contributed by atoms with Gasteiger partial charge < -0.3 is 10.2 Å². The molecular weight excluding hydrogens is 396 g/mol. The fraction of sp³-hybridized carbons (Fsp3) is 0.583. The first-order valence-electron chi connectivity index (χ1n) is 11.3. The van der Waals surface area contributed by atoms with Gasteiger partial charge in [0.15, 0.2) is 5.69 Å². The predicted octanol–water partition coefficient (Wildman–Crippen LogP) is 4.00. The van der Waals surface area contributed by atoms with Crippen LogP contribution in [0.4, 0.5) is 0 Å². The van der Waals surface area contributed by atoms with Crippen LogP contribution in [0.15, 0.2) is 18.2 Å². The molecule has 2 aliphatic carbocycles. The van der Waals surface area contributed by atoms with Gasteiger partial charge in [0.05, 0.1) is 5.69 Å². The summed E-state index contributed by atoms with van der Waals surface area (Å²) in [6, 6.07) is 7.03. The minimum Gasteiger partial charge on any atom is -0.337 e. The van der Waals surface area contributed by atoms with Crippen molar-refractivity contribution < 1.29 is 4.79 Å². The standard InChI is InChI=1S/C24H32N4O.ClH/c1-16-6-9-21(17(2)14-16)28-22-5-3-4-20(22)23(26-28)24(29)27-12-10-19(11-13-27)25-15-18-7-8-18;/h6,9,14,18-19,25H,3-5,7-8,10-13,15H2,1-2H3;1H. The summed E-state index contributed by atoms with van der Waals surface area (Å²) in [5.74, 6) is 1.04. The zero-order valence-electron chi connectivity index (χ0n) is 18.1. The van der Waals surface area contributed by atoms with E-state index in [1.807, 2.05) is 9.58 Å². The van der Waals surface area contributed by atoms with Crippen LogP contribution in [0.2, 0.25) is 0 Å². The predicted molar refractivity (Wildman–Crippen MR) is 122 cm³/mol. The Labute approximate surface area is 185 Å². The second-order valence-electron chi connectivity index (χ2n) is 9.25. The fourth-order valence-electron chi connectivity index (χ4n) is 4.94. The van der Waals surface area contributed by atoms with Crippen LogP contribution in [0.1, 0.15) is 65.0 Å². The zero-order chi connectivity index (χ0) is 20.0. The number of nitrogens with zero attached hydrogens (tertiary/aromatic N) is 3. The van der Waals surface area contributed by atoms with Crippen molar-refractivity contribution in [2.24, 2.45) is 5.92 Å². The summed E-state index contributed by atoms with van der Waals surface area (Å²) in [6.45, 7) is 7.08. The molecule has 1 amide bonds. The Morgan fingerprint density at radius 3 is 2.60 bits per heavy atom. The monoisotopic (exact) mass is 428 g/mol. The van der Waals surface area contributed by atoms with Crippen LogP contribution in [0.3, 0.4) is 0 Å². The lowest BCUT2D eigenvalue weighted by molar-refractivity contribution is 0.0697. The van der Waals surface area contributed by atoms with Crippen LogP contribution < -0.4 is 5.32 Å². The molecule has 6 heteroatoms. The van der Waals surface area contributed by atoms with E-state index in [2.05, 4.69) is 37.4 Å². The number of rotatable bonds is 5. The Balaban J connectivity index is 0.00000218. The van der Waals surface area contributed by atoms with Gasteiger partial charge in [-0.05, 0) is 82.9 Å². The number of fused-ring (bicyclic) bond motifs is 1. The van der Waals surface area contributed by atoms with Gasteiger partial charge in [-0.2, -0.15) is 5.10 Å². The van der Waals surface area contributed by atoms with Crippen LogP contribution in [-0.4, -0.2) is 46.3 Å². The summed E-state index contributed by atoms with van der Waals surface area (Å²) in [4.78, 5) is 15.4. The smallest absolute Gasteiger partial charge is 0.274 e. The molecule has 3 aliphatic rings. The van der Waals surface area contributed by atoms with E-state index >= 15 is 0 Å². The highest BCUT2D eigenvalue weighted by atomic mass is 35.5. The highest BCUT2D eigenvalue weighted by molar-refractivity contribution is 5.94. The number of halogens is 1. The van der Waals surface area contributed by atoms with E-state index < -0.39 is 0 Å². The fourth-order valence-corrected chi connectivity index (χ4v) is 4.94. The molecule has 0 atom stereocenters. The lowest BCUT2D eigenvalue weighted by atomic mass is 10.0. The van der Waals surface area contributed by atoms with Crippen molar-refractivity contribution in [2.45, 2.75) is 64.8 Å². The Kier molecular flexibility index (Phi) is 6.21. The van der Waals surface area contributed by atoms with Crippen LogP contribution in [0, 0.1) is 19.8 Å². The van der Waals surface area contributed by atoms with Crippen molar-refractivity contribution in [3.05, 3.63) is 46.3 Å². The molecule has 30 heavy (non-hydrogen) atoms. The molecule has 2 aromatic rings. The zero-order valence-corrected chi connectivity index (χ0v) is 18.9. The van der Waals surface area contributed by atoms with Gasteiger partial charge in [0, 0.05) is 30.4 Å². The van der Waals surface area contributed by atoms with E-state index in [0.717, 1.165) is 63.3 Å². The van der Waals surface area contributed by atoms with Crippen molar-refractivity contribution in [3.63, 3.8) is 0 Å². The summed E-state index contributed by atoms with van der Waals surface area (Å²) in [5, 5.41) is 8.57. The number of hydrogen-bond donors (Lipinski definition) is 1. The lowest BCUT2D eigenvalue weighted by Crippen LogP contribution is -2.45. The molecule has 2 fully saturated rings. The van der Waals surface area contributed by atoms with Gasteiger partial charge in [-0.3, -0.25) is 4.79 Å². The molecule has 0 unspecified atom stereocenters. The van der Waals surface area contributed by atoms with Gasteiger partial charge in [0.25, 0.3) is 5.91 Å². The molecule has 5 nitrogen and oxygen atoms in total. The minimum atomic E-state index is 0. The molecule has 0 radical (unpaired) electrons. The molecule has 1 saturated heterocycles. The van der Waals surface area contributed by atoms with E-state index in [4.69, 9.17) is 5.10 Å². The number of carbonyl (C=O) groups excluding carboxylic acids is 1. The van der Waals surface area contributed by atoms with E-state index in [9.17, 15) is 4.79 Å². The Morgan fingerprint density at radius 1 is 1.13 bits per heavy atom. The largest absolute Gasteiger partial charge is 0.337 e. The summed E-state index contributed by atoms with van der Waals surface area (Å²) in [5.41, 5.74) is 6.69. The van der Waals surface area contributed by atoms with E-state index in [1.165, 1.54) is 35.2 Å². The molecule has 1 saturated carbocycles. The molecular formula is C24H33ClN4O. The number of carbonyl (C=O) groups is 1. The summed E-state index contributed by atoms with van der Waals surface area (Å²) < 4.78 is 2.05. The van der Waals surface area contributed by atoms with Crippen molar-refractivity contribution in [1.82, 2.24) is 20.0 Å². The van der Waals surface area contributed by atoms with Gasteiger partial charge in [0.1, 0.15) is 0 Å². The number of piperidine rings is 1. The third-order valence-corrected chi connectivity index (χ3v) is 6.89. The highest BCUT2D eigenvalue weighted by Crippen LogP contribution is 2.31. The number of amides is 1. The average Bonchev–Trinajstić information content (AvgIpc) is 3.30. The van der Waals surface area contributed by atoms with Crippen molar-refractivity contribution in [1.29, 1.82) is 0 Å². The van der Waals surface area contributed by atoms with Gasteiger partial charge in [-0.15, -0.1) is 12.4 Å². The average molecular weight is 429 g/mol. The molecule has 2 heterocycles. The third kappa shape index (κ3) is 4.15. The number of likely N-dealkylation sites (tertiary alicyclic amines) is 1. The topological polar surface area (TPSA) is 50.2 Å². The van der Waals surface area contributed by atoms with E-state index in [0.29, 0.717) is 11.7 Å². The third-order valence-electron chi connectivity index (χ3n) is 6.89. The number of aromatic nitrogens is 2. The maximum Gasteiger partial charge on any atom is 0.274 e. The van der Waals surface area contributed by atoms with Gasteiger partial charge in [-0.1, -0.05) is 17.7 Å². The molecule has 1 aromatic heterocycles. The van der Waals surface area contributed by atoms with Crippen molar-refractivity contribution in [2.75, 3.05) is 19.6 Å². The van der Waals surface area contributed by atoms with Crippen LogP contribution in [-0.2, 0) is 12.8 Å². The van der Waals surface area contributed by atoms with Gasteiger partial charge >= 0.3 is 0 Å². The van der Waals surface area contributed by atoms with Gasteiger partial charge in [0.2, 0.25) is 0 Å². The van der Waals surface area contributed by atoms with Gasteiger partial charge in [-0.25, -0.2) is 4.68 Å². The first kappa shape index (κ1) is 21.4. The second-order valence-corrected chi connectivity index (χ2v) is 9.25. The SMILES string of the molecule is Cc1ccc(-n2nc(C(=O)N3CCC(NCC4CC4)CC3)c3c2CCC3)c(C)c1.Cl. The highest BCUT2D eigenvalue weighted by Gasteiger charge is 2.32. The van der Waals surface area contributed by atoms with E-state index in [1.54, 1.807) is 0 Å². The molecule has 0 spiro atoms. The first-order chi connectivity index (χ1) is 14.1. The Hall–Kier alpha value is -1.85. The van der Waals surface area contributed by atoms with Crippen LogP contribution in [0.5, 0.6) is 0 Å². The van der Waals surface area contributed by atoms with Crippen LogP contribution >= 0.6 is 12.4 Å². The second kappa shape index (κ2) is 8.72. The Morgan fingerprint density at radius 2 is 1.90 bits per heavy atom. The van der Waals surface area contributed by atoms with E-state index in [-0.39, 0.29) is 18.3 Å². The number of hydrogen-bond acceptors (Lipinski definition) is 3. The maximum absolute atomic E-state index is 13.4. The summed E-state index contributed by atoms with van der Waals surface area (Å²) in [6.07, 6.45) is 7.98. The summed E-state index contributed by atoms with van der Waals surface area (Å²) in [7, 11) is 0. The molecule has 5 rings (SSSR count). The van der Waals surface area contributed by atoms with Crippen molar-refractivity contribution >= 4 is 18.3 Å². The molecule has 1 aliphatic heterocycles.